The van der Waals surface area contributed by atoms with Gasteiger partial charge in [-0.3, -0.25) is 14.5 Å². The van der Waals surface area contributed by atoms with Crippen LogP contribution in [0.5, 0.6) is 0 Å². The highest BCUT2D eigenvalue weighted by atomic mass is 16.2. The fourth-order valence-electron chi connectivity index (χ4n) is 2.98. The van der Waals surface area contributed by atoms with Crippen LogP contribution >= 0.6 is 0 Å². The molecule has 1 aromatic carbocycles. The number of hydrogen-bond donors (Lipinski definition) is 0. The molecule has 1 fully saturated rings. The van der Waals surface area contributed by atoms with Gasteiger partial charge in [0.2, 0.25) is 11.8 Å². The minimum atomic E-state index is -0.124. The average Bonchev–Trinajstić information content (AvgIpc) is 2.67. The predicted octanol–water partition coefficient (Wildman–Crippen LogP) is 2.45. The monoisotopic (exact) mass is 255 g/mol. The number of fused-ring (bicyclic) bond motifs is 1. The van der Waals surface area contributed by atoms with Gasteiger partial charge < -0.3 is 0 Å². The van der Waals surface area contributed by atoms with E-state index < -0.39 is 0 Å². The molecule has 1 aliphatic heterocycles. The molecule has 3 heteroatoms. The Morgan fingerprint density at radius 3 is 2.21 bits per heavy atom. The van der Waals surface area contributed by atoms with Crippen molar-refractivity contribution in [2.45, 2.75) is 26.3 Å². The molecule has 2 aliphatic rings. The quantitative estimate of drug-likeness (QED) is 0.601. The lowest BCUT2D eigenvalue weighted by Gasteiger charge is -2.16. The first kappa shape index (κ1) is 12.2. The number of carbonyl (C=O) groups is 2. The highest BCUT2D eigenvalue weighted by molar-refractivity contribution is 6.05. The molecule has 0 spiro atoms. The summed E-state index contributed by atoms with van der Waals surface area (Å²) in [5.74, 6) is -0.242. The van der Waals surface area contributed by atoms with E-state index in [1.54, 1.807) is 0 Å². The Kier molecular flexibility index (Phi) is 2.97. The van der Waals surface area contributed by atoms with Crippen LogP contribution in [0.3, 0.4) is 0 Å². The third-order valence-corrected chi connectivity index (χ3v) is 4.19. The van der Waals surface area contributed by atoms with Crippen molar-refractivity contribution >= 4 is 11.8 Å². The van der Waals surface area contributed by atoms with Crippen LogP contribution in [-0.4, -0.2) is 16.7 Å². The first-order valence-corrected chi connectivity index (χ1v) is 6.73. The zero-order chi connectivity index (χ0) is 13.4. The normalized spacial score (nSPS) is 25.8. The van der Waals surface area contributed by atoms with Crippen LogP contribution in [-0.2, 0) is 16.1 Å². The van der Waals surface area contributed by atoms with Crippen LogP contribution < -0.4 is 0 Å². The van der Waals surface area contributed by atoms with E-state index >= 15 is 0 Å². The highest BCUT2D eigenvalue weighted by Crippen LogP contribution is 2.35. The van der Waals surface area contributed by atoms with Crippen molar-refractivity contribution in [1.82, 2.24) is 4.90 Å². The molecule has 0 bridgehead atoms. The summed E-state index contributed by atoms with van der Waals surface area (Å²) < 4.78 is 0. The highest BCUT2D eigenvalue weighted by Gasteiger charge is 2.46. The molecule has 1 aromatic rings. The van der Waals surface area contributed by atoms with E-state index in [-0.39, 0.29) is 23.7 Å². The van der Waals surface area contributed by atoms with E-state index in [2.05, 4.69) is 0 Å². The maximum absolute atomic E-state index is 12.3. The Labute approximate surface area is 112 Å². The summed E-state index contributed by atoms with van der Waals surface area (Å²) in [6.45, 7) is 2.42. The Morgan fingerprint density at radius 1 is 1.05 bits per heavy atom. The number of allylic oxidation sites excluding steroid dienone is 2. The number of amides is 2. The van der Waals surface area contributed by atoms with Gasteiger partial charge in [-0.25, -0.2) is 0 Å². The van der Waals surface area contributed by atoms with Gasteiger partial charge in [0, 0.05) is 0 Å². The number of aryl methyl sites for hydroxylation is 1. The number of benzene rings is 1. The Hall–Kier alpha value is -1.90. The van der Waals surface area contributed by atoms with Gasteiger partial charge in [0.15, 0.2) is 0 Å². The van der Waals surface area contributed by atoms with Gasteiger partial charge in [-0.05, 0) is 30.9 Å². The molecule has 1 aliphatic carbocycles. The molecule has 0 aromatic heterocycles. The summed E-state index contributed by atoms with van der Waals surface area (Å²) >= 11 is 0. The molecule has 98 valence electrons. The molecule has 2 atom stereocenters. The molecule has 3 nitrogen and oxygen atoms in total. The molecule has 2 amide bonds. The van der Waals surface area contributed by atoms with Crippen LogP contribution in [0.1, 0.15) is 24.0 Å². The van der Waals surface area contributed by atoms with Crippen LogP contribution in [0.2, 0.25) is 0 Å². The molecular weight excluding hydrogens is 238 g/mol. The molecule has 1 heterocycles. The van der Waals surface area contributed by atoms with Crippen LogP contribution in [0.4, 0.5) is 0 Å². The Morgan fingerprint density at radius 2 is 1.63 bits per heavy atom. The van der Waals surface area contributed by atoms with Gasteiger partial charge in [-0.2, -0.15) is 0 Å². The van der Waals surface area contributed by atoms with E-state index in [0.717, 1.165) is 11.1 Å². The fraction of sp³-hybridized carbons (Fsp3) is 0.375. The third-order valence-electron chi connectivity index (χ3n) is 4.19. The van der Waals surface area contributed by atoms with Crippen molar-refractivity contribution in [1.29, 1.82) is 0 Å². The summed E-state index contributed by atoms with van der Waals surface area (Å²) in [6.07, 6.45) is 5.45. The van der Waals surface area contributed by atoms with Crippen molar-refractivity contribution in [3.63, 3.8) is 0 Å². The third kappa shape index (κ3) is 1.99. The van der Waals surface area contributed by atoms with Crippen LogP contribution in [0.15, 0.2) is 36.4 Å². The second-order valence-electron chi connectivity index (χ2n) is 5.34. The van der Waals surface area contributed by atoms with Gasteiger partial charge in [0.1, 0.15) is 0 Å². The SMILES string of the molecule is Cc1ccccc1CN1C(=O)[C@H]2CC=CC[C@H]2C1=O. The van der Waals surface area contributed by atoms with E-state index in [4.69, 9.17) is 0 Å². The summed E-state index contributed by atoms with van der Waals surface area (Å²) in [7, 11) is 0. The summed E-state index contributed by atoms with van der Waals surface area (Å²) in [5.41, 5.74) is 2.17. The molecule has 1 saturated heterocycles. The number of nitrogens with zero attached hydrogens (tertiary/aromatic N) is 1. The number of rotatable bonds is 2. The minimum absolute atomic E-state index is 0.00241. The first-order chi connectivity index (χ1) is 9.18. The fourth-order valence-corrected chi connectivity index (χ4v) is 2.98. The number of hydrogen-bond acceptors (Lipinski definition) is 2. The zero-order valence-corrected chi connectivity index (χ0v) is 11.0. The van der Waals surface area contributed by atoms with E-state index in [1.807, 2.05) is 43.3 Å². The lowest BCUT2D eigenvalue weighted by atomic mass is 9.85. The van der Waals surface area contributed by atoms with Gasteiger partial charge in [0.25, 0.3) is 0 Å². The maximum atomic E-state index is 12.3. The zero-order valence-electron chi connectivity index (χ0n) is 11.0. The smallest absolute Gasteiger partial charge is 0.233 e. The molecule has 3 rings (SSSR count). The van der Waals surface area contributed by atoms with Crippen molar-refractivity contribution < 1.29 is 9.59 Å². The predicted molar refractivity (Wildman–Crippen MR) is 72.1 cm³/mol. The summed E-state index contributed by atoms with van der Waals surface area (Å²) in [4.78, 5) is 26.1. The van der Waals surface area contributed by atoms with Crippen LogP contribution in [0, 0.1) is 18.8 Å². The van der Waals surface area contributed by atoms with Gasteiger partial charge in [-0.15, -0.1) is 0 Å². The van der Waals surface area contributed by atoms with Gasteiger partial charge >= 0.3 is 0 Å². The lowest BCUT2D eigenvalue weighted by molar-refractivity contribution is -0.140. The van der Waals surface area contributed by atoms with E-state index in [1.165, 1.54) is 4.90 Å². The van der Waals surface area contributed by atoms with Crippen molar-refractivity contribution in [2.24, 2.45) is 11.8 Å². The van der Waals surface area contributed by atoms with Gasteiger partial charge in [0.05, 0.1) is 18.4 Å². The van der Waals surface area contributed by atoms with Crippen molar-refractivity contribution in [3.8, 4) is 0 Å². The maximum Gasteiger partial charge on any atom is 0.233 e. The molecule has 0 unspecified atom stereocenters. The minimum Gasteiger partial charge on any atom is -0.278 e. The van der Waals surface area contributed by atoms with E-state index in [0.29, 0.717) is 19.4 Å². The summed E-state index contributed by atoms with van der Waals surface area (Å²) in [6, 6.07) is 7.91. The number of carbonyl (C=O) groups excluding carboxylic acids is 2. The topological polar surface area (TPSA) is 37.4 Å². The molecule has 0 saturated carbocycles. The van der Waals surface area contributed by atoms with Crippen LogP contribution in [0.25, 0.3) is 0 Å². The molecular formula is C16H17NO2. The van der Waals surface area contributed by atoms with Crippen molar-refractivity contribution in [2.75, 3.05) is 0 Å². The summed E-state index contributed by atoms with van der Waals surface area (Å²) in [5, 5.41) is 0. The number of imide groups is 1. The molecule has 0 N–H and O–H groups in total. The largest absolute Gasteiger partial charge is 0.278 e. The second-order valence-corrected chi connectivity index (χ2v) is 5.34. The molecule has 19 heavy (non-hydrogen) atoms. The Bertz CT molecular complexity index is 536. The van der Waals surface area contributed by atoms with E-state index in [9.17, 15) is 9.59 Å². The lowest BCUT2D eigenvalue weighted by Crippen LogP contribution is -2.30. The second kappa shape index (κ2) is 4.65. The standard InChI is InChI=1S/C16H17NO2/c1-11-6-2-3-7-12(11)10-17-15(18)13-8-4-5-9-14(13)16(17)19/h2-7,13-14H,8-10H2,1H3/t13-,14+. The Balaban J connectivity index is 1.85. The number of likely N-dealkylation sites (tertiary alicyclic amines) is 1. The first-order valence-electron chi connectivity index (χ1n) is 6.73. The average molecular weight is 255 g/mol. The molecule has 0 radical (unpaired) electrons. The van der Waals surface area contributed by atoms with Crippen molar-refractivity contribution in [3.05, 3.63) is 47.5 Å². The van der Waals surface area contributed by atoms with Gasteiger partial charge in [-0.1, -0.05) is 36.4 Å².